The van der Waals surface area contributed by atoms with Crippen LogP contribution in [0.3, 0.4) is 0 Å². The highest BCUT2D eigenvalue weighted by molar-refractivity contribution is 5.39. The Morgan fingerprint density at radius 3 is 2.83 bits per heavy atom. The van der Waals surface area contributed by atoms with Crippen molar-refractivity contribution in [2.45, 2.75) is 52.1 Å². The number of nitrogens with zero attached hydrogens (tertiary/aromatic N) is 3. The Kier molecular flexibility index (Phi) is 4.53. The maximum Gasteiger partial charge on any atom is 0.151 e. The summed E-state index contributed by atoms with van der Waals surface area (Å²) in [5.41, 5.74) is 0.979. The molecule has 4 heteroatoms. The normalized spacial score (nSPS) is 20.4. The van der Waals surface area contributed by atoms with E-state index in [0.717, 1.165) is 24.6 Å². The Labute approximate surface area is 110 Å². The van der Waals surface area contributed by atoms with Gasteiger partial charge in [-0.25, -0.2) is 0 Å². The fourth-order valence-corrected chi connectivity index (χ4v) is 2.43. The third kappa shape index (κ3) is 3.42. The van der Waals surface area contributed by atoms with Gasteiger partial charge in [-0.3, -0.25) is 0 Å². The summed E-state index contributed by atoms with van der Waals surface area (Å²) in [4.78, 5) is 2.41. The first kappa shape index (κ1) is 13.3. The highest BCUT2D eigenvalue weighted by atomic mass is 15.3. The van der Waals surface area contributed by atoms with Crippen LogP contribution in [0.15, 0.2) is 12.1 Å². The standard InChI is InChI=1S/C14H24N4/c1-11(2)15-10-13-6-4-5-9-18(13)14-8-7-12(3)16-17-14/h7-8,11,13,15H,4-6,9-10H2,1-3H3. The molecule has 1 aromatic heterocycles. The van der Waals surface area contributed by atoms with Crippen molar-refractivity contribution in [3.63, 3.8) is 0 Å². The molecule has 0 aromatic carbocycles. The summed E-state index contributed by atoms with van der Waals surface area (Å²) < 4.78 is 0. The maximum absolute atomic E-state index is 4.33. The molecule has 100 valence electrons. The fourth-order valence-electron chi connectivity index (χ4n) is 2.43. The molecule has 2 rings (SSSR count). The van der Waals surface area contributed by atoms with Gasteiger partial charge in [0.2, 0.25) is 0 Å². The second-order valence-electron chi connectivity index (χ2n) is 5.44. The molecular weight excluding hydrogens is 224 g/mol. The number of rotatable bonds is 4. The fraction of sp³-hybridized carbons (Fsp3) is 0.714. The minimum atomic E-state index is 0.540. The van der Waals surface area contributed by atoms with Crippen LogP contribution < -0.4 is 10.2 Å². The molecule has 0 saturated carbocycles. The topological polar surface area (TPSA) is 41.0 Å². The molecule has 1 saturated heterocycles. The van der Waals surface area contributed by atoms with Gasteiger partial charge in [0.25, 0.3) is 0 Å². The van der Waals surface area contributed by atoms with Crippen molar-refractivity contribution in [1.82, 2.24) is 15.5 Å². The van der Waals surface area contributed by atoms with E-state index >= 15 is 0 Å². The van der Waals surface area contributed by atoms with Crippen LogP contribution in [0.5, 0.6) is 0 Å². The van der Waals surface area contributed by atoms with E-state index in [9.17, 15) is 0 Å². The highest BCUT2D eigenvalue weighted by Gasteiger charge is 2.23. The predicted molar refractivity (Wildman–Crippen MR) is 74.9 cm³/mol. The molecule has 2 heterocycles. The summed E-state index contributed by atoms with van der Waals surface area (Å²) in [5.74, 6) is 1.02. The van der Waals surface area contributed by atoms with Crippen LogP contribution in [0.25, 0.3) is 0 Å². The third-order valence-corrected chi connectivity index (χ3v) is 3.47. The third-order valence-electron chi connectivity index (χ3n) is 3.47. The van der Waals surface area contributed by atoms with Crippen molar-refractivity contribution in [2.75, 3.05) is 18.0 Å². The van der Waals surface area contributed by atoms with Gasteiger partial charge in [-0.15, -0.1) is 5.10 Å². The Morgan fingerprint density at radius 1 is 1.33 bits per heavy atom. The van der Waals surface area contributed by atoms with Gasteiger partial charge in [0.15, 0.2) is 5.82 Å². The number of nitrogens with one attached hydrogen (secondary N) is 1. The van der Waals surface area contributed by atoms with Crippen LogP contribution >= 0.6 is 0 Å². The number of hydrogen-bond acceptors (Lipinski definition) is 4. The van der Waals surface area contributed by atoms with Crippen molar-refractivity contribution in [1.29, 1.82) is 0 Å². The zero-order valence-electron chi connectivity index (χ0n) is 11.7. The van der Waals surface area contributed by atoms with Crippen molar-refractivity contribution < 1.29 is 0 Å². The SMILES string of the molecule is Cc1ccc(N2CCCCC2CNC(C)C)nn1. The monoisotopic (exact) mass is 248 g/mol. The van der Waals surface area contributed by atoms with Gasteiger partial charge >= 0.3 is 0 Å². The molecule has 1 aliphatic rings. The predicted octanol–water partition coefficient (Wildman–Crippen LogP) is 2.14. The molecule has 0 bridgehead atoms. The van der Waals surface area contributed by atoms with Crippen LogP contribution in [0.4, 0.5) is 5.82 Å². The first-order chi connectivity index (χ1) is 8.66. The molecule has 1 atom stereocenters. The molecular formula is C14H24N4. The summed E-state index contributed by atoms with van der Waals surface area (Å²) >= 11 is 0. The first-order valence-corrected chi connectivity index (χ1v) is 6.97. The quantitative estimate of drug-likeness (QED) is 0.886. The van der Waals surface area contributed by atoms with Gasteiger partial charge in [-0.1, -0.05) is 13.8 Å². The molecule has 0 spiro atoms. The minimum absolute atomic E-state index is 0.540. The van der Waals surface area contributed by atoms with Crippen LogP contribution in [0.2, 0.25) is 0 Å². The van der Waals surface area contributed by atoms with Gasteiger partial charge in [-0.2, -0.15) is 5.10 Å². The van der Waals surface area contributed by atoms with Gasteiger partial charge in [0, 0.05) is 25.2 Å². The number of piperidine rings is 1. The average Bonchev–Trinajstić information content (AvgIpc) is 2.38. The number of aryl methyl sites for hydroxylation is 1. The lowest BCUT2D eigenvalue weighted by molar-refractivity contribution is 0.418. The molecule has 1 unspecified atom stereocenters. The Hall–Kier alpha value is -1.16. The molecule has 1 aromatic rings. The second-order valence-corrected chi connectivity index (χ2v) is 5.44. The maximum atomic E-state index is 4.33. The van der Waals surface area contributed by atoms with E-state index in [1.165, 1.54) is 19.3 Å². The van der Waals surface area contributed by atoms with Crippen molar-refractivity contribution in [2.24, 2.45) is 0 Å². The summed E-state index contributed by atoms with van der Waals surface area (Å²) in [6.07, 6.45) is 3.82. The minimum Gasteiger partial charge on any atom is -0.351 e. The molecule has 0 radical (unpaired) electrons. The zero-order valence-corrected chi connectivity index (χ0v) is 11.7. The van der Waals surface area contributed by atoms with E-state index in [1.807, 2.05) is 13.0 Å². The summed E-state index contributed by atoms with van der Waals surface area (Å²) in [6, 6.07) is 5.23. The zero-order chi connectivity index (χ0) is 13.0. The van der Waals surface area contributed by atoms with E-state index in [2.05, 4.69) is 40.3 Å². The molecule has 1 N–H and O–H groups in total. The summed E-state index contributed by atoms with van der Waals surface area (Å²) in [7, 11) is 0. The highest BCUT2D eigenvalue weighted by Crippen LogP contribution is 2.22. The van der Waals surface area contributed by atoms with E-state index in [-0.39, 0.29) is 0 Å². The van der Waals surface area contributed by atoms with Gasteiger partial charge in [0.1, 0.15) is 0 Å². The summed E-state index contributed by atoms with van der Waals surface area (Å²) in [5, 5.41) is 12.0. The van der Waals surface area contributed by atoms with E-state index in [4.69, 9.17) is 0 Å². The van der Waals surface area contributed by atoms with E-state index < -0.39 is 0 Å². The van der Waals surface area contributed by atoms with Crippen molar-refractivity contribution >= 4 is 5.82 Å². The van der Waals surface area contributed by atoms with Crippen LogP contribution in [-0.2, 0) is 0 Å². The smallest absolute Gasteiger partial charge is 0.151 e. The Balaban J connectivity index is 2.05. The number of hydrogen-bond donors (Lipinski definition) is 1. The lowest BCUT2D eigenvalue weighted by atomic mass is 10.0. The van der Waals surface area contributed by atoms with Crippen molar-refractivity contribution in [3.05, 3.63) is 17.8 Å². The molecule has 1 fully saturated rings. The number of anilines is 1. The molecule has 18 heavy (non-hydrogen) atoms. The van der Waals surface area contributed by atoms with Gasteiger partial charge < -0.3 is 10.2 Å². The molecule has 0 aliphatic carbocycles. The van der Waals surface area contributed by atoms with Crippen molar-refractivity contribution in [3.8, 4) is 0 Å². The molecule has 4 nitrogen and oxygen atoms in total. The largest absolute Gasteiger partial charge is 0.351 e. The molecule has 1 aliphatic heterocycles. The average molecular weight is 248 g/mol. The Bertz CT molecular complexity index is 361. The van der Waals surface area contributed by atoms with Gasteiger partial charge in [0.05, 0.1) is 5.69 Å². The van der Waals surface area contributed by atoms with E-state index in [0.29, 0.717) is 12.1 Å². The second kappa shape index (κ2) is 6.14. The molecule has 0 amide bonds. The van der Waals surface area contributed by atoms with Crippen LogP contribution in [0, 0.1) is 6.92 Å². The lowest BCUT2D eigenvalue weighted by Crippen LogP contribution is -2.47. The Morgan fingerprint density at radius 2 is 2.17 bits per heavy atom. The van der Waals surface area contributed by atoms with E-state index in [1.54, 1.807) is 0 Å². The van der Waals surface area contributed by atoms with Gasteiger partial charge in [-0.05, 0) is 38.3 Å². The number of aromatic nitrogens is 2. The van der Waals surface area contributed by atoms with Crippen LogP contribution in [-0.4, -0.2) is 35.4 Å². The van der Waals surface area contributed by atoms with Crippen LogP contribution in [0.1, 0.15) is 38.8 Å². The first-order valence-electron chi connectivity index (χ1n) is 6.97. The lowest BCUT2D eigenvalue weighted by Gasteiger charge is -2.37. The summed E-state index contributed by atoms with van der Waals surface area (Å²) in [6.45, 7) is 8.50.